The van der Waals surface area contributed by atoms with Gasteiger partial charge in [-0.3, -0.25) is 10.1 Å². The highest BCUT2D eigenvalue weighted by atomic mass is 79.9. The predicted molar refractivity (Wildman–Crippen MR) is 62.2 cm³/mol. The van der Waals surface area contributed by atoms with Gasteiger partial charge in [-0.15, -0.1) is 0 Å². The molecule has 2 unspecified atom stereocenters. The van der Waals surface area contributed by atoms with Crippen molar-refractivity contribution in [2.24, 2.45) is 5.73 Å². The van der Waals surface area contributed by atoms with Gasteiger partial charge < -0.3 is 5.73 Å². The third-order valence-electron chi connectivity index (χ3n) is 2.76. The Morgan fingerprint density at radius 3 is 2.53 bits per heavy atom. The topological polar surface area (TPSA) is 55.1 Å². The van der Waals surface area contributed by atoms with Crippen molar-refractivity contribution in [3.63, 3.8) is 0 Å². The van der Waals surface area contributed by atoms with Crippen molar-refractivity contribution in [1.82, 2.24) is 5.32 Å². The second-order valence-corrected chi connectivity index (χ2v) is 4.72. The van der Waals surface area contributed by atoms with E-state index in [1.807, 2.05) is 12.1 Å². The van der Waals surface area contributed by atoms with Crippen molar-refractivity contribution in [1.29, 1.82) is 0 Å². The zero-order valence-electron chi connectivity index (χ0n) is 8.24. The van der Waals surface area contributed by atoms with E-state index in [1.54, 1.807) is 0 Å². The molecule has 0 aromatic heterocycles. The van der Waals surface area contributed by atoms with Gasteiger partial charge in [-0.25, -0.2) is 0 Å². The highest BCUT2D eigenvalue weighted by Gasteiger charge is 2.27. The van der Waals surface area contributed by atoms with Gasteiger partial charge in [-0.2, -0.15) is 0 Å². The van der Waals surface area contributed by atoms with Gasteiger partial charge in [-0.1, -0.05) is 28.1 Å². The fourth-order valence-electron chi connectivity index (χ4n) is 1.93. The first-order chi connectivity index (χ1) is 7.16. The lowest BCUT2D eigenvalue weighted by atomic mass is 10.1. The number of nitrogens with two attached hydrogens (primary N) is 1. The summed E-state index contributed by atoms with van der Waals surface area (Å²) in [6, 6.07) is 8.23. The van der Waals surface area contributed by atoms with Crippen molar-refractivity contribution in [2.75, 3.05) is 0 Å². The number of nitrogens with one attached hydrogen (secondary N) is 1. The fourth-order valence-corrected chi connectivity index (χ4v) is 2.19. The van der Waals surface area contributed by atoms with Crippen LogP contribution in [0.25, 0.3) is 0 Å². The molecule has 3 nitrogen and oxygen atoms in total. The molecule has 1 heterocycles. The minimum Gasteiger partial charge on any atom is -0.368 e. The molecule has 2 atom stereocenters. The minimum absolute atomic E-state index is 0.168. The second kappa shape index (κ2) is 4.33. The molecule has 0 aliphatic carbocycles. The van der Waals surface area contributed by atoms with E-state index in [9.17, 15) is 4.79 Å². The summed E-state index contributed by atoms with van der Waals surface area (Å²) in [6.45, 7) is 0. The standard InChI is InChI=1S/C11H13BrN2O/c12-8-3-1-7(2-4-8)9-5-6-10(14-9)11(13)15/h1-4,9-10,14H,5-6H2,(H2,13,15). The van der Waals surface area contributed by atoms with Gasteiger partial charge in [0.05, 0.1) is 6.04 Å². The zero-order chi connectivity index (χ0) is 10.8. The quantitative estimate of drug-likeness (QED) is 0.859. The molecule has 15 heavy (non-hydrogen) atoms. The Morgan fingerprint density at radius 1 is 1.33 bits per heavy atom. The SMILES string of the molecule is NC(=O)C1CCC(c2ccc(Br)cc2)N1. The molecule has 0 saturated carbocycles. The normalized spacial score (nSPS) is 25.4. The van der Waals surface area contributed by atoms with Crippen molar-refractivity contribution in [2.45, 2.75) is 24.9 Å². The summed E-state index contributed by atoms with van der Waals surface area (Å²) in [4.78, 5) is 11.0. The van der Waals surface area contributed by atoms with Gasteiger partial charge in [0.1, 0.15) is 0 Å². The molecule has 4 heteroatoms. The molecular formula is C11H13BrN2O. The number of carbonyl (C=O) groups excluding carboxylic acids is 1. The average Bonchev–Trinajstić information content (AvgIpc) is 2.68. The Morgan fingerprint density at radius 2 is 2.00 bits per heavy atom. The maximum absolute atomic E-state index is 11.0. The van der Waals surface area contributed by atoms with Crippen LogP contribution in [-0.4, -0.2) is 11.9 Å². The lowest BCUT2D eigenvalue weighted by Crippen LogP contribution is -2.37. The van der Waals surface area contributed by atoms with Crippen LogP contribution >= 0.6 is 15.9 Å². The summed E-state index contributed by atoms with van der Waals surface area (Å²) in [6.07, 6.45) is 1.80. The van der Waals surface area contributed by atoms with Gasteiger partial charge in [0.15, 0.2) is 0 Å². The molecule has 3 N–H and O–H groups in total. The molecule has 1 saturated heterocycles. The highest BCUT2D eigenvalue weighted by Crippen LogP contribution is 2.27. The van der Waals surface area contributed by atoms with Crippen LogP contribution in [0.4, 0.5) is 0 Å². The Balaban J connectivity index is 2.07. The number of amides is 1. The van der Waals surface area contributed by atoms with E-state index in [-0.39, 0.29) is 18.0 Å². The first kappa shape index (κ1) is 10.6. The minimum atomic E-state index is -0.255. The van der Waals surface area contributed by atoms with Crippen molar-refractivity contribution >= 4 is 21.8 Å². The third kappa shape index (κ3) is 2.38. The van der Waals surface area contributed by atoms with E-state index in [0.29, 0.717) is 0 Å². The van der Waals surface area contributed by atoms with Crippen LogP contribution in [0.1, 0.15) is 24.4 Å². The largest absolute Gasteiger partial charge is 0.368 e. The van der Waals surface area contributed by atoms with Crippen LogP contribution < -0.4 is 11.1 Å². The summed E-state index contributed by atoms with van der Waals surface area (Å²) in [7, 11) is 0. The van der Waals surface area contributed by atoms with E-state index in [1.165, 1.54) is 5.56 Å². The molecular weight excluding hydrogens is 256 g/mol. The molecule has 0 bridgehead atoms. The Labute approximate surface area is 97.2 Å². The predicted octanol–water partition coefficient (Wildman–Crippen LogP) is 1.73. The average molecular weight is 269 g/mol. The molecule has 0 spiro atoms. The molecule has 0 radical (unpaired) electrons. The smallest absolute Gasteiger partial charge is 0.234 e. The molecule has 1 aliphatic heterocycles. The summed E-state index contributed by atoms with van der Waals surface area (Å²) < 4.78 is 1.07. The van der Waals surface area contributed by atoms with Crippen LogP contribution in [0.5, 0.6) is 0 Å². The van der Waals surface area contributed by atoms with Crippen molar-refractivity contribution in [3.8, 4) is 0 Å². The van der Waals surface area contributed by atoms with Crippen LogP contribution in [-0.2, 0) is 4.79 Å². The van der Waals surface area contributed by atoms with Crippen LogP contribution in [0.3, 0.4) is 0 Å². The number of hydrogen-bond donors (Lipinski definition) is 2. The van der Waals surface area contributed by atoms with Gasteiger partial charge in [0.2, 0.25) is 5.91 Å². The lowest BCUT2D eigenvalue weighted by molar-refractivity contribution is -0.119. The van der Waals surface area contributed by atoms with Crippen molar-refractivity contribution in [3.05, 3.63) is 34.3 Å². The van der Waals surface area contributed by atoms with E-state index in [2.05, 4.69) is 33.4 Å². The van der Waals surface area contributed by atoms with Crippen LogP contribution in [0, 0.1) is 0 Å². The van der Waals surface area contributed by atoms with Gasteiger partial charge in [0, 0.05) is 10.5 Å². The summed E-state index contributed by atoms with van der Waals surface area (Å²) in [5.41, 5.74) is 6.46. The van der Waals surface area contributed by atoms with Crippen LogP contribution in [0.15, 0.2) is 28.7 Å². The maximum atomic E-state index is 11.0. The Hall–Kier alpha value is -0.870. The van der Waals surface area contributed by atoms with Gasteiger partial charge in [-0.05, 0) is 30.5 Å². The molecule has 1 aliphatic rings. The second-order valence-electron chi connectivity index (χ2n) is 3.80. The maximum Gasteiger partial charge on any atom is 0.234 e. The first-order valence-corrected chi connectivity index (χ1v) is 5.77. The number of primary amides is 1. The number of carbonyl (C=O) groups is 1. The van der Waals surface area contributed by atoms with E-state index >= 15 is 0 Å². The molecule has 1 aromatic carbocycles. The van der Waals surface area contributed by atoms with Crippen molar-refractivity contribution < 1.29 is 4.79 Å². The number of halogens is 1. The lowest BCUT2D eigenvalue weighted by Gasteiger charge is -2.12. The Kier molecular flexibility index (Phi) is 3.07. The summed E-state index contributed by atoms with van der Waals surface area (Å²) in [5, 5.41) is 3.24. The highest BCUT2D eigenvalue weighted by molar-refractivity contribution is 9.10. The number of hydrogen-bond acceptors (Lipinski definition) is 2. The van der Waals surface area contributed by atoms with Crippen LogP contribution in [0.2, 0.25) is 0 Å². The number of rotatable bonds is 2. The molecule has 1 aromatic rings. The molecule has 80 valence electrons. The third-order valence-corrected chi connectivity index (χ3v) is 3.29. The van der Waals surface area contributed by atoms with E-state index in [0.717, 1.165) is 17.3 Å². The summed E-state index contributed by atoms with van der Waals surface area (Å²) in [5.74, 6) is -0.255. The summed E-state index contributed by atoms with van der Waals surface area (Å²) >= 11 is 3.39. The Bertz CT molecular complexity index is 363. The molecule has 1 fully saturated rings. The number of benzene rings is 1. The molecule has 2 rings (SSSR count). The van der Waals surface area contributed by atoms with E-state index in [4.69, 9.17) is 5.73 Å². The first-order valence-electron chi connectivity index (χ1n) is 4.97. The van der Waals surface area contributed by atoms with Gasteiger partial charge in [0.25, 0.3) is 0 Å². The van der Waals surface area contributed by atoms with E-state index < -0.39 is 0 Å². The van der Waals surface area contributed by atoms with Gasteiger partial charge >= 0.3 is 0 Å². The zero-order valence-corrected chi connectivity index (χ0v) is 9.83. The monoisotopic (exact) mass is 268 g/mol. The fraction of sp³-hybridized carbons (Fsp3) is 0.364. The molecule has 1 amide bonds.